The lowest BCUT2D eigenvalue weighted by Crippen LogP contribution is -2.47. The molecule has 2 amide bonds. The Labute approximate surface area is 156 Å². The first-order valence-electron chi connectivity index (χ1n) is 8.72. The first-order valence-corrected chi connectivity index (χ1v) is 8.72. The highest BCUT2D eigenvalue weighted by Crippen LogP contribution is 2.39. The summed E-state index contributed by atoms with van der Waals surface area (Å²) in [7, 11) is 1.57. The van der Waals surface area contributed by atoms with Gasteiger partial charge in [0.05, 0.1) is 19.3 Å². The third-order valence-electron chi connectivity index (χ3n) is 4.81. The highest BCUT2D eigenvalue weighted by molar-refractivity contribution is 5.95. The Kier molecular flexibility index (Phi) is 4.35. The molecule has 0 bridgehead atoms. The number of anilines is 1. The van der Waals surface area contributed by atoms with Crippen LogP contribution in [0.3, 0.4) is 0 Å². The van der Waals surface area contributed by atoms with E-state index < -0.39 is 12.2 Å². The van der Waals surface area contributed by atoms with Crippen molar-refractivity contribution in [3.05, 3.63) is 53.6 Å². The average molecular weight is 368 g/mol. The number of aryl methyl sites for hydroxylation is 1. The summed E-state index contributed by atoms with van der Waals surface area (Å²) in [6, 6.07) is 12.2. The molecule has 0 radical (unpaired) electrons. The Balaban J connectivity index is 1.44. The number of ether oxygens (including phenoxy) is 3. The van der Waals surface area contributed by atoms with Crippen molar-refractivity contribution in [2.75, 3.05) is 25.2 Å². The number of amides is 2. The van der Waals surface area contributed by atoms with E-state index in [0.29, 0.717) is 29.4 Å². The maximum absolute atomic E-state index is 12.4. The minimum atomic E-state index is -0.478. The summed E-state index contributed by atoms with van der Waals surface area (Å²) in [4.78, 5) is 26.3. The molecule has 0 saturated carbocycles. The van der Waals surface area contributed by atoms with Gasteiger partial charge in [-0.15, -0.1) is 0 Å². The maximum Gasteiger partial charge on any atom is 0.415 e. The first-order chi connectivity index (χ1) is 13.1. The molecule has 1 N–H and O–H groups in total. The Morgan fingerprint density at radius 2 is 2.04 bits per heavy atom. The van der Waals surface area contributed by atoms with Gasteiger partial charge in [-0.1, -0.05) is 6.07 Å². The number of fused-ring (bicyclic) bond motifs is 3. The van der Waals surface area contributed by atoms with Crippen molar-refractivity contribution < 1.29 is 23.8 Å². The molecular weight excluding hydrogens is 348 g/mol. The lowest BCUT2D eigenvalue weighted by molar-refractivity contribution is 0.0886. The maximum atomic E-state index is 12.4. The number of rotatable bonds is 4. The Bertz CT molecular complexity index is 880. The van der Waals surface area contributed by atoms with Crippen LogP contribution in [0.25, 0.3) is 0 Å². The van der Waals surface area contributed by atoms with Crippen LogP contribution in [0, 0.1) is 6.92 Å². The second-order valence-electron chi connectivity index (χ2n) is 6.58. The molecule has 2 aromatic carbocycles. The number of methoxy groups -OCH3 is 1. The van der Waals surface area contributed by atoms with Crippen LogP contribution in [0.1, 0.15) is 15.9 Å². The van der Waals surface area contributed by atoms with Crippen molar-refractivity contribution >= 4 is 17.7 Å². The van der Waals surface area contributed by atoms with Gasteiger partial charge in [0.25, 0.3) is 5.91 Å². The van der Waals surface area contributed by atoms with Crippen molar-refractivity contribution in [2.24, 2.45) is 0 Å². The number of carbonyl (C=O) groups excluding carboxylic acids is 2. The van der Waals surface area contributed by atoms with Crippen molar-refractivity contribution in [1.82, 2.24) is 5.32 Å². The molecule has 2 atom stereocenters. The summed E-state index contributed by atoms with van der Waals surface area (Å²) in [6.07, 6.45) is -0.897. The Morgan fingerprint density at radius 3 is 2.78 bits per heavy atom. The van der Waals surface area contributed by atoms with Crippen LogP contribution in [-0.4, -0.2) is 44.4 Å². The van der Waals surface area contributed by atoms with Gasteiger partial charge in [-0.25, -0.2) is 4.79 Å². The standard InChI is InChI=1S/C20H20N2O5/c1-12-3-8-15-17(9-12)26-11-16-18(27-20(24)22(15)16)10-21-19(23)13-4-6-14(25-2)7-5-13/h3-9,16,18H,10-11H2,1-2H3,(H,21,23)/t16-,18-/m0/s1. The molecule has 2 aromatic rings. The smallest absolute Gasteiger partial charge is 0.415 e. The lowest BCUT2D eigenvalue weighted by atomic mass is 10.1. The zero-order chi connectivity index (χ0) is 19.0. The largest absolute Gasteiger partial charge is 0.497 e. The van der Waals surface area contributed by atoms with Gasteiger partial charge in [0, 0.05) is 5.56 Å². The normalized spacial score (nSPS) is 20.2. The molecule has 4 rings (SSSR count). The van der Waals surface area contributed by atoms with E-state index in [1.54, 1.807) is 36.3 Å². The number of benzene rings is 2. The van der Waals surface area contributed by atoms with Gasteiger partial charge >= 0.3 is 6.09 Å². The number of hydrogen-bond donors (Lipinski definition) is 1. The number of carbonyl (C=O) groups is 2. The molecule has 7 nitrogen and oxygen atoms in total. The monoisotopic (exact) mass is 368 g/mol. The molecule has 0 unspecified atom stereocenters. The zero-order valence-electron chi connectivity index (χ0n) is 15.1. The average Bonchev–Trinajstić information content (AvgIpc) is 3.02. The van der Waals surface area contributed by atoms with Crippen molar-refractivity contribution in [2.45, 2.75) is 19.1 Å². The van der Waals surface area contributed by atoms with Gasteiger partial charge in [-0.2, -0.15) is 0 Å². The lowest BCUT2D eigenvalue weighted by Gasteiger charge is -2.31. The van der Waals surface area contributed by atoms with E-state index >= 15 is 0 Å². The molecule has 0 spiro atoms. The van der Waals surface area contributed by atoms with Gasteiger partial charge < -0.3 is 19.5 Å². The molecule has 2 aliphatic rings. The molecule has 1 saturated heterocycles. The molecule has 2 heterocycles. The van der Waals surface area contributed by atoms with Gasteiger partial charge in [0.1, 0.15) is 30.3 Å². The Morgan fingerprint density at radius 1 is 1.26 bits per heavy atom. The molecule has 1 fully saturated rings. The van der Waals surface area contributed by atoms with Gasteiger partial charge in [-0.05, 0) is 48.9 Å². The van der Waals surface area contributed by atoms with E-state index in [-0.39, 0.29) is 18.5 Å². The summed E-state index contributed by atoms with van der Waals surface area (Å²) in [6.45, 7) is 2.50. The number of nitrogens with one attached hydrogen (secondary N) is 1. The zero-order valence-corrected chi connectivity index (χ0v) is 15.1. The van der Waals surface area contributed by atoms with Gasteiger partial charge in [0.15, 0.2) is 0 Å². The predicted molar refractivity (Wildman–Crippen MR) is 98.5 cm³/mol. The summed E-state index contributed by atoms with van der Waals surface area (Å²) in [5.74, 6) is 1.12. The van der Waals surface area contributed by atoms with Crippen LogP contribution in [0.2, 0.25) is 0 Å². The molecule has 7 heteroatoms. The SMILES string of the molecule is COc1ccc(C(=O)NC[C@@H]2OC(=O)N3c4ccc(C)cc4OC[C@@H]23)cc1. The van der Waals surface area contributed by atoms with Crippen LogP contribution < -0.4 is 19.7 Å². The van der Waals surface area contributed by atoms with Crippen molar-refractivity contribution in [3.63, 3.8) is 0 Å². The van der Waals surface area contributed by atoms with Crippen molar-refractivity contribution in [1.29, 1.82) is 0 Å². The van der Waals surface area contributed by atoms with Crippen LogP contribution in [0.5, 0.6) is 11.5 Å². The molecule has 0 aliphatic carbocycles. The van der Waals surface area contributed by atoms with E-state index in [1.807, 2.05) is 25.1 Å². The Hall–Kier alpha value is -3.22. The van der Waals surface area contributed by atoms with E-state index in [0.717, 1.165) is 5.56 Å². The minimum Gasteiger partial charge on any atom is -0.497 e. The summed E-state index contributed by atoms with van der Waals surface area (Å²) in [5, 5.41) is 2.83. The van der Waals surface area contributed by atoms with Crippen LogP contribution in [-0.2, 0) is 4.74 Å². The fourth-order valence-corrected chi connectivity index (χ4v) is 3.35. The van der Waals surface area contributed by atoms with Crippen LogP contribution >= 0.6 is 0 Å². The molecule has 140 valence electrons. The van der Waals surface area contributed by atoms with E-state index in [2.05, 4.69) is 5.32 Å². The fourth-order valence-electron chi connectivity index (χ4n) is 3.35. The highest BCUT2D eigenvalue weighted by Gasteiger charge is 2.46. The molecule has 0 aromatic heterocycles. The van der Waals surface area contributed by atoms with Crippen LogP contribution in [0.15, 0.2) is 42.5 Å². The van der Waals surface area contributed by atoms with Gasteiger partial charge in [0.2, 0.25) is 0 Å². The second-order valence-corrected chi connectivity index (χ2v) is 6.58. The van der Waals surface area contributed by atoms with Crippen molar-refractivity contribution in [3.8, 4) is 11.5 Å². The van der Waals surface area contributed by atoms with E-state index in [9.17, 15) is 9.59 Å². The number of cyclic esters (lactones) is 1. The molecule has 2 aliphatic heterocycles. The van der Waals surface area contributed by atoms with Gasteiger partial charge in [-0.3, -0.25) is 9.69 Å². The first kappa shape index (κ1) is 17.2. The highest BCUT2D eigenvalue weighted by atomic mass is 16.6. The second kappa shape index (κ2) is 6.83. The summed E-state index contributed by atoms with van der Waals surface area (Å²) >= 11 is 0. The topological polar surface area (TPSA) is 77.1 Å². The van der Waals surface area contributed by atoms with E-state index in [4.69, 9.17) is 14.2 Å². The molecule has 27 heavy (non-hydrogen) atoms. The number of hydrogen-bond acceptors (Lipinski definition) is 5. The third-order valence-corrected chi connectivity index (χ3v) is 4.81. The minimum absolute atomic E-state index is 0.211. The quantitative estimate of drug-likeness (QED) is 0.897. The summed E-state index contributed by atoms with van der Waals surface area (Å²) in [5.41, 5.74) is 2.27. The fraction of sp³-hybridized carbons (Fsp3) is 0.300. The number of nitrogens with zero attached hydrogens (tertiary/aromatic N) is 1. The summed E-state index contributed by atoms with van der Waals surface area (Å²) < 4.78 is 16.4. The molecular formula is C20H20N2O5. The van der Waals surface area contributed by atoms with E-state index in [1.165, 1.54) is 0 Å². The predicted octanol–water partition coefficient (Wildman–Crippen LogP) is 2.52. The van der Waals surface area contributed by atoms with Crippen LogP contribution in [0.4, 0.5) is 10.5 Å². The third kappa shape index (κ3) is 3.16.